The largest absolute Gasteiger partial charge is 0.476 e. The van der Waals surface area contributed by atoms with Gasteiger partial charge in [0, 0.05) is 12.5 Å². The van der Waals surface area contributed by atoms with Crippen molar-refractivity contribution in [2.75, 3.05) is 7.11 Å². The van der Waals surface area contributed by atoms with Crippen LogP contribution in [0, 0.1) is 0 Å². The lowest BCUT2D eigenvalue weighted by atomic mass is 10.1. The maximum atomic E-state index is 11.1. The van der Waals surface area contributed by atoms with Gasteiger partial charge in [-0.3, -0.25) is 0 Å². The van der Waals surface area contributed by atoms with Crippen LogP contribution < -0.4 is 0 Å². The average Bonchev–Trinajstić information content (AvgIpc) is 2.91. The van der Waals surface area contributed by atoms with Crippen LogP contribution in [0.5, 0.6) is 0 Å². The van der Waals surface area contributed by atoms with E-state index in [0.29, 0.717) is 12.3 Å². The van der Waals surface area contributed by atoms with Gasteiger partial charge in [0.15, 0.2) is 5.69 Å². The van der Waals surface area contributed by atoms with Gasteiger partial charge in [0.1, 0.15) is 0 Å². The summed E-state index contributed by atoms with van der Waals surface area (Å²) in [6, 6.07) is 15.3. The van der Waals surface area contributed by atoms with Crippen LogP contribution in [0.4, 0.5) is 0 Å². The summed E-state index contributed by atoms with van der Waals surface area (Å²) in [7, 11) is 1.57. The Morgan fingerprint density at radius 1 is 1.24 bits per heavy atom. The van der Waals surface area contributed by atoms with E-state index in [0.717, 1.165) is 16.5 Å². The van der Waals surface area contributed by atoms with Crippen molar-refractivity contribution in [1.82, 2.24) is 9.78 Å². The SMILES string of the molecule is COCc1cc(C(=O)O)nn1-c1cccc2ccccc12. The van der Waals surface area contributed by atoms with Crippen LogP contribution in [-0.2, 0) is 11.3 Å². The summed E-state index contributed by atoms with van der Waals surface area (Å²) >= 11 is 0. The molecule has 21 heavy (non-hydrogen) atoms. The maximum absolute atomic E-state index is 11.1. The first-order valence-corrected chi connectivity index (χ1v) is 6.50. The minimum Gasteiger partial charge on any atom is -0.476 e. The summed E-state index contributed by atoms with van der Waals surface area (Å²) in [6.07, 6.45) is 0. The van der Waals surface area contributed by atoms with Crippen molar-refractivity contribution in [3.8, 4) is 5.69 Å². The number of aromatic nitrogens is 2. The van der Waals surface area contributed by atoms with Gasteiger partial charge in [-0.2, -0.15) is 5.10 Å². The Hall–Kier alpha value is -2.66. The molecular formula is C16H14N2O3. The predicted molar refractivity (Wildman–Crippen MR) is 78.7 cm³/mol. The molecule has 0 radical (unpaired) electrons. The van der Waals surface area contributed by atoms with E-state index in [1.165, 1.54) is 6.07 Å². The van der Waals surface area contributed by atoms with Gasteiger partial charge in [0.2, 0.25) is 0 Å². The first-order chi connectivity index (χ1) is 10.2. The fourth-order valence-corrected chi connectivity index (χ4v) is 2.38. The summed E-state index contributed by atoms with van der Waals surface area (Å²) in [5.74, 6) is -1.05. The molecule has 3 aromatic rings. The van der Waals surface area contributed by atoms with E-state index in [9.17, 15) is 4.79 Å². The van der Waals surface area contributed by atoms with Crippen LogP contribution in [0.25, 0.3) is 16.5 Å². The zero-order valence-electron chi connectivity index (χ0n) is 11.5. The van der Waals surface area contributed by atoms with Crippen LogP contribution >= 0.6 is 0 Å². The normalized spacial score (nSPS) is 10.9. The van der Waals surface area contributed by atoms with Crippen LogP contribution in [0.2, 0.25) is 0 Å². The van der Waals surface area contributed by atoms with Crippen molar-refractivity contribution in [1.29, 1.82) is 0 Å². The number of rotatable bonds is 4. The van der Waals surface area contributed by atoms with Gasteiger partial charge in [0.25, 0.3) is 0 Å². The molecule has 1 aromatic heterocycles. The van der Waals surface area contributed by atoms with Gasteiger partial charge in [-0.05, 0) is 17.5 Å². The summed E-state index contributed by atoms with van der Waals surface area (Å²) in [6.45, 7) is 0.295. The number of methoxy groups -OCH3 is 1. The van der Waals surface area contributed by atoms with Gasteiger partial charge in [-0.1, -0.05) is 36.4 Å². The lowest BCUT2D eigenvalue weighted by Gasteiger charge is -2.10. The van der Waals surface area contributed by atoms with E-state index in [-0.39, 0.29) is 5.69 Å². The lowest BCUT2D eigenvalue weighted by molar-refractivity contribution is 0.0690. The van der Waals surface area contributed by atoms with Gasteiger partial charge >= 0.3 is 5.97 Å². The molecule has 0 aliphatic rings. The maximum Gasteiger partial charge on any atom is 0.356 e. The van der Waals surface area contributed by atoms with Gasteiger partial charge in [-0.15, -0.1) is 0 Å². The monoisotopic (exact) mass is 282 g/mol. The molecule has 0 bridgehead atoms. The Bertz CT molecular complexity index is 803. The third-order valence-electron chi connectivity index (χ3n) is 3.29. The van der Waals surface area contributed by atoms with Crippen LogP contribution in [0.1, 0.15) is 16.2 Å². The number of hydrogen-bond acceptors (Lipinski definition) is 3. The number of benzene rings is 2. The second-order valence-corrected chi connectivity index (χ2v) is 4.67. The average molecular weight is 282 g/mol. The third-order valence-corrected chi connectivity index (χ3v) is 3.29. The fourth-order valence-electron chi connectivity index (χ4n) is 2.38. The van der Waals surface area contributed by atoms with E-state index in [1.807, 2.05) is 42.5 Å². The highest BCUT2D eigenvalue weighted by Crippen LogP contribution is 2.23. The van der Waals surface area contributed by atoms with Crippen molar-refractivity contribution >= 4 is 16.7 Å². The molecule has 1 N–H and O–H groups in total. The van der Waals surface area contributed by atoms with Crippen molar-refractivity contribution in [3.63, 3.8) is 0 Å². The van der Waals surface area contributed by atoms with E-state index in [4.69, 9.17) is 9.84 Å². The quantitative estimate of drug-likeness (QED) is 0.799. The first kappa shape index (κ1) is 13.3. The molecule has 1 heterocycles. The fraction of sp³-hybridized carbons (Fsp3) is 0.125. The second kappa shape index (κ2) is 5.38. The van der Waals surface area contributed by atoms with Gasteiger partial charge in [0.05, 0.1) is 18.0 Å². The second-order valence-electron chi connectivity index (χ2n) is 4.67. The van der Waals surface area contributed by atoms with E-state index < -0.39 is 5.97 Å². The Morgan fingerprint density at radius 2 is 2.00 bits per heavy atom. The molecule has 0 aliphatic carbocycles. The zero-order valence-corrected chi connectivity index (χ0v) is 11.5. The molecule has 0 unspecified atom stereocenters. The van der Waals surface area contributed by atoms with Crippen LogP contribution in [0.15, 0.2) is 48.5 Å². The van der Waals surface area contributed by atoms with E-state index >= 15 is 0 Å². The summed E-state index contributed by atoms with van der Waals surface area (Å²) in [5, 5.41) is 15.4. The van der Waals surface area contributed by atoms with E-state index in [1.54, 1.807) is 11.8 Å². The Morgan fingerprint density at radius 3 is 2.76 bits per heavy atom. The highest BCUT2D eigenvalue weighted by atomic mass is 16.5. The standard InChI is InChI=1S/C16H14N2O3/c1-21-10-12-9-14(16(19)20)17-18(12)15-8-4-6-11-5-2-3-7-13(11)15/h2-9H,10H2,1H3,(H,19,20). The number of carbonyl (C=O) groups is 1. The number of carboxylic acids is 1. The summed E-state index contributed by atoms with van der Waals surface area (Å²) in [4.78, 5) is 11.1. The Kier molecular flexibility index (Phi) is 3.41. The number of aromatic carboxylic acids is 1. The lowest BCUT2D eigenvalue weighted by Crippen LogP contribution is -2.05. The van der Waals surface area contributed by atoms with Crippen molar-refractivity contribution in [3.05, 3.63) is 59.9 Å². The molecule has 0 saturated carbocycles. The number of carboxylic acid groups (broad SMARTS) is 1. The number of fused-ring (bicyclic) bond motifs is 1. The van der Waals surface area contributed by atoms with Crippen molar-refractivity contribution in [2.24, 2.45) is 0 Å². The molecule has 0 amide bonds. The molecule has 106 valence electrons. The highest BCUT2D eigenvalue weighted by Gasteiger charge is 2.15. The highest BCUT2D eigenvalue weighted by molar-refractivity contribution is 5.90. The molecule has 0 atom stereocenters. The predicted octanol–water partition coefficient (Wildman–Crippen LogP) is 2.87. The molecule has 0 spiro atoms. The molecular weight excluding hydrogens is 268 g/mol. The topological polar surface area (TPSA) is 64.3 Å². The Balaban J connectivity index is 2.24. The zero-order chi connectivity index (χ0) is 14.8. The number of hydrogen-bond donors (Lipinski definition) is 1. The minimum atomic E-state index is -1.05. The van der Waals surface area contributed by atoms with Crippen molar-refractivity contribution < 1.29 is 14.6 Å². The van der Waals surface area contributed by atoms with Gasteiger partial charge in [-0.25, -0.2) is 9.48 Å². The Labute approximate surface area is 121 Å². The summed E-state index contributed by atoms with van der Waals surface area (Å²) in [5.41, 5.74) is 1.55. The van der Waals surface area contributed by atoms with Gasteiger partial charge < -0.3 is 9.84 Å². The molecule has 5 nitrogen and oxygen atoms in total. The third kappa shape index (κ3) is 2.39. The van der Waals surface area contributed by atoms with E-state index in [2.05, 4.69) is 5.10 Å². The molecule has 0 saturated heterocycles. The number of nitrogens with zero attached hydrogens (tertiary/aromatic N) is 2. The molecule has 0 fully saturated rings. The molecule has 3 rings (SSSR count). The number of ether oxygens (including phenoxy) is 1. The molecule has 0 aliphatic heterocycles. The van der Waals surface area contributed by atoms with Crippen LogP contribution in [0.3, 0.4) is 0 Å². The smallest absolute Gasteiger partial charge is 0.356 e. The molecule has 2 aromatic carbocycles. The molecule has 5 heteroatoms. The summed E-state index contributed by atoms with van der Waals surface area (Å²) < 4.78 is 6.78. The minimum absolute atomic E-state index is 0.00924. The van der Waals surface area contributed by atoms with Crippen LogP contribution in [-0.4, -0.2) is 28.0 Å². The first-order valence-electron chi connectivity index (χ1n) is 6.50. The van der Waals surface area contributed by atoms with Crippen molar-refractivity contribution in [2.45, 2.75) is 6.61 Å².